The zero-order valence-electron chi connectivity index (χ0n) is 9.91. The van der Waals surface area contributed by atoms with E-state index in [0.717, 1.165) is 0 Å². The summed E-state index contributed by atoms with van der Waals surface area (Å²) in [5.74, 6) is -0.618. The van der Waals surface area contributed by atoms with E-state index in [9.17, 15) is 20.0 Å². The maximum atomic E-state index is 11.6. The van der Waals surface area contributed by atoms with Gasteiger partial charge in [0.1, 0.15) is 11.9 Å². The van der Waals surface area contributed by atoms with Gasteiger partial charge in [-0.3, -0.25) is 10.1 Å². The molecule has 0 aromatic heterocycles. The lowest BCUT2D eigenvalue weighted by Gasteiger charge is -2.08. The number of aromatic hydroxyl groups is 1. The summed E-state index contributed by atoms with van der Waals surface area (Å²) >= 11 is 0. The Bertz CT molecular complexity index is 737. The summed E-state index contributed by atoms with van der Waals surface area (Å²) in [5.41, 5.74) is 0.588. The molecule has 1 aliphatic rings. The normalized spacial score (nSPS) is 17.3. The van der Waals surface area contributed by atoms with Crippen molar-refractivity contribution in [2.24, 2.45) is 0 Å². The van der Waals surface area contributed by atoms with Crippen LogP contribution >= 0.6 is 0 Å². The van der Waals surface area contributed by atoms with Crippen molar-refractivity contribution in [3.63, 3.8) is 0 Å². The van der Waals surface area contributed by atoms with E-state index in [2.05, 4.69) is 0 Å². The van der Waals surface area contributed by atoms with Crippen molar-refractivity contribution in [2.45, 2.75) is 13.0 Å². The summed E-state index contributed by atoms with van der Waals surface area (Å²) in [6, 6.07) is 5.71. The highest BCUT2D eigenvalue weighted by Crippen LogP contribution is 2.42. The Labute approximate surface area is 107 Å². The molecule has 0 bridgehead atoms. The van der Waals surface area contributed by atoms with Crippen LogP contribution in [0.2, 0.25) is 0 Å². The summed E-state index contributed by atoms with van der Waals surface area (Å²) in [7, 11) is 0. The Morgan fingerprint density at radius 2 is 2.11 bits per heavy atom. The number of nitro benzene ring substituents is 1. The number of phenolic OH excluding ortho intramolecular Hbond substituents is 1. The largest absolute Gasteiger partial charge is 0.507 e. The first-order chi connectivity index (χ1) is 8.99. The van der Waals surface area contributed by atoms with Gasteiger partial charge < -0.3 is 9.84 Å². The second kappa shape index (κ2) is 3.68. The number of esters is 1. The minimum Gasteiger partial charge on any atom is -0.507 e. The van der Waals surface area contributed by atoms with E-state index in [4.69, 9.17) is 4.74 Å². The first kappa shape index (κ1) is 11.5. The van der Waals surface area contributed by atoms with Gasteiger partial charge in [-0.05, 0) is 24.4 Å². The van der Waals surface area contributed by atoms with Gasteiger partial charge in [0.25, 0.3) is 5.69 Å². The fraction of sp³-hybridized carbons (Fsp3) is 0.154. The smallest absolute Gasteiger partial charge is 0.339 e. The molecule has 0 saturated heterocycles. The van der Waals surface area contributed by atoms with Gasteiger partial charge in [0.15, 0.2) is 0 Å². The molecule has 0 spiro atoms. The molecule has 0 amide bonds. The lowest BCUT2D eigenvalue weighted by Crippen LogP contribution is -1.94. The number of non-ortho nitro benzene ring substituents is 1. The highest BCUT2D eigenvalue weighted by Gasteiger charge is 2.32. The minimum absolute atomic E-state index is 0.111. The number of cyclic esters (lactones) is 1. The molecule has 2 aromatic rings. The molecule has 1 N–H and O–H groups in total. The summed E-state index contributed by atoms with van der Waals surface area (Å²) in [4.78, 5) is 21.8. The predicted octanol–water partition coefficient (Wildman–Crippen LogP) is 2.69. The lowest BCUT2D eigenvalue weighted by molar-refractivity contribution is -0.384. The summed E-state index contributed by atoms with van der Waals surface area (Å²) in [6.45, 7) is 1.65. The summed E-state index contributed by atoms with van der Waals surface area (Å²) in [5, 5.41) is 21.9. The summed E-state index contributed by atoms with van der Waals surface area (Å²) in [6.07, 6.45) is -0.550. The molecule has 2 aromatic carbocycles. The molecule has 1 aliphatic heterocycles. The number of nitro groups is 1. The Hall–Kier alpha value is -2.63. The van der Waals surface area contributed by atoms with Crippen LogP contribution in [0.3, 0.4) is 0 Å². The molecule has 19 heavy (non-hydrogen) atoms. The van der Waals surface area contributed by atoms with Crippen molar-refractivity contribution in [1.29, 1.82) is 0 Å². The van der Waals surface area contributed by atoms with E-state index in [0.29, 0.717) is 21.9 Å². The number of hydrogen-bond acceptors (Lipinski definition) is 5. The third-order valence-electron chi connectivity index (χ3n) is 3.26. The third kappa shape index (κ3) is 1.53. The second-order valence-electron chi connectivity index (χ2n) is 4.40. The number of rotatable bonds is 1. The molecular weight excluding hydrogens is 250 g/mol. The van der Waals surface area contributed by atoms with E-state index in [1.54, 1.807) is 13.0 Å². The number of phenols is 1. The van der Waals surface area contributed by atoms with Crippen molar-refractivity contribution in [1.82, 2.24) is 0 Å². The zero-order chi connectivity index (χ0) is 13.7. The molecule has 0 aliphatic carbocycles. The van der Waals surface area contributed by atoms with Gasteiger partial charge in [-0.15, -0.1) is 0 Å². The lowest BCUT2D eigenvalue weighted by atomic mass is 9.98. The molecule has 1 unspecified atom stereocenters. The second-order valence-corrected chi connectivity index (χ2v) is 4.40. The number of benzene rings is 2. The van der Waals surface area contributed by atoms with E-state index in [-0.39, 0.29) is 11.4 Å². The topological polar surface area (TPSA) is 89.7 Å². The fourth-order valence-corrected chi connectivity index (χ4v) is 2.36. The maximum absolute atomic E-state index is 11.6. The summed E-state index contributed by atoms with van der Waals surface area (Å²) < 4.78 is 5.03. The van der Waals surface area contributed by atoms with E-state index < -0.39 is 17.0 Å². The molecule has 6 nitrogen and oxygen atoms in total. The molecule has 0 fully saturated rings. The average molecular weight is 259 g/mol. The highest BCUT2D eigenvalue weighted by molar-refractivity contribution is 6.03. The van der Waals surface area contributed by atoms with Crippen LogP contribution in [0.15, 0.2) is 24.3 Å². The Morgan fingerprint density at radius 3 is 2.79 bits per heavy atom. The standard InChI is InChI=1S/C13H9NO5/c1-6-11-10(13(16)19-6)4-7-2-3-8(14(17)18)5-9(7)12(11)15/h2-6,15H,1H3. The van der Waals surface area contributed by atoms with Gasteiger partial charge in [-0.1, -0.05) is 0 Å². The van der Waals surface area contributed by atoms with Gasteiger partial charge in [0.05, 0.1) is 10.5 Å². The number of hydrogen-bond donors (Lipinski definition) is 1. The minimum atomic E-state index is -0.550. The van der Waals surface area contributed by atoms with Crippen molar-refractivity contribution >= 4 is 22.4 Å². The average Bonchev–Trinajstić information content (AvgIpc) is 2.64. The van der Waals surface area contributed by atoms with Crippen LogP contribution < -0.4 is 0 Å². The first-order valence-electron chi connectivity index (χ1n) is 5.64. The van der Waals surface area contributed by atoms with Crippen molar-refractivity contribution < 1.29 is 19.6 Å². The van der Waals surface area contributed by atoms with Gasteiger partial charge in [0.2, 0.25) is 0 Å². The van der Waals surface area contributed by atoms with Crippen LogP contribution in [0.4, 0.5) is 5.69 Å². The van der Waals surface area contributed by atoms with Crippen molar-refractivity contribution in [3.05, 3.63) is 45.5 Å². The van der Waals surface area contributed by atoms with Crippen LogP contribution in [-0.2, 0) is 4.74 Å². The number of ether oxygens (including phenoxy) is 1. The van der Waals surface area contributed by atoms with Crippen LogP contribution in [0.1, 0.15) is 28.9 Å². The van der Waals surface area contributed by atoms with E-state index >= 15 is 0 Å². The maximum Gasteiger partial charge on any atom is 0.339 e. The SMILES string of the molecule is CC1OC(=O)c2cc3ccc([N+](=O)[O-])cc3c(O)c21. The molecular formula is C13H9NO5. The zero-order valence-corrected chi connectivity index (χ0v) is 9.91. The quantitative estimate of drug-likeness (QED) is 0.483. The van der Waals surface area contributed by atoms with Gasteiger partial charge >= 0.3 is 5.97 Å². The van der Waals surface area contributed by atoms with Crippen LogP contribution in [0.25, 0.3) is 10.8 Å². The highest BCUT2D eigenvalue weighted by atomic mass is 16.6. The van der Waals surface area contributed by atoms with Crippen LogP contribution in [-0.4, -0.2) is 16.0 Å². The van der Waals surface area contributed by atoms with Gasteiger partial charge in [-0.2, -0.15) is 0 Å². The van der Waals surface area contributed by atoms with E-state index in [1.165, 1.54) is 18.2 Å². The van der Waals surface area contributed by atoms with E-state index in [1.807, 2.05) is 0 Å². The number of carbonyl (C=O) groups is 1. The van der Waals surface area contributed by atoms with Gasteiger partial charge in [-0.25, -0.2) is 4.79 Å². The molecule has 3 rings (SSSR count). The number of nitrogens with zero attached hydrogens (tertiary/aromatic N) is 1. The molecule has 0 radical (unpaired) electrons. The molecule has 1 atom stereocenters. The Morgan fingerprint density at radius 1 is 1.37 bits per heavy atom. The predicted molar refractivity (Wildman–Crippen MR) is 66.1 cm³/mol. The Balaban J connectivity index is 2.36. The number of fused-ring (bicyclic) bond motifs is 2. The Kier molecular flexibility index (Phi) is 2.22. The third-order valence-corrected chi connectivity index (χ3v) is 3.26. The van der Waals surface area contributed by atoms with Crippen LogP contribution in [0.5, 0.6) is 5.75 Å². The molecule has 1 heterocycles. The fourth-order valence-electron chi connectivity index (χ4n) is 2.36. The monoisotopic (exact) mass is 259 g/mol. The van der Waals surface area contributed by atoms with Crippen molar-refractivity contribution in [2.75, 3.05) is 0 Å². The molecule has 0 saturated carbocycles. The van der Waals surface area contributed by atoms with Crippen molar-refractivity contribution in [3.8, 4) is 5.75 Å². The number of carbonyl (C=O) groups excluding carboxylic acids is 1. The molecule has 96 valence electrons. The first-order valence-corrected chi connectivity index (χ1v) is 5.64. The van der Waals surface area contributed by atoms with Crippen LogP contribution in [0, 0.1) is 10.1 Å². The van der Waals surface area contributed by atoms with Gasteiger partial charge in [0, 0.05) is 23.1 Å². The molecule has 6 heteroatoms.